The highest BCUT2D eigenvalue weighted by molar-refractivity contribution is 7.92. The molecule has 0 amide bonds. The van der Waals surface area contributed by atoms with Gasteiger partial charge in [-0.1, -0.05) is 24.3 Å². The first kappa shape index (κ1) is 17.9. The summed E-state index contributed by atoms with van der Waals surface area (Å²) in [6, 6.07) is 8.84. The lowest BCUT2D eigenvalue weighted by molar-refractivity contribution is -0.137. The fourth-order valence-electron chi connectivity index (χ4n) is 2.96. The Balaban J connectivity index is 2.00. The SMILES string of the molecule is CS(=O)(=O)C1(F)Cc2ccc(-c3ccc(C(F)(F)F)cc3)cc2C1O. The predicted octanol–water partition coefficient (Wildman–Crippen LogP) is 3.67. The lowest BCUT2D eigenvalue weighted by atomic mass is 9.99. The Kier molecular flexibility index (Phi) is 3.96. The van der Waals surface area contributed by atoms with E-state index in [1.807, 2.05) is 0 Å². The van der Waals surface area contributed by atoms with E-state index in [4.69, 9.17) is 0 Å². The Bertz CT molecular complexity index is 920. The fraction of sp³-hybridized carbons (Fsp3) is 0.294. The van der Waals surface area contributed by atoms with Crippen molar-refractivity contribution in [3.05, 3.63) is 59.2 Å². The number of fused-ring (bicyclic) bond motifs is 1. The van der Waals surface area contributed by atoms with E-state index in [2.05, 4.69) is 0 Å². The molecular weight excluding hydrogens is 360 g/mol. The number of sulfone groups is 1. The Morgan fingerprint density at radius 3 is 2.16 bits per heavy atom. The second-order valence-electron chi connectivity index (χ2n) is 6.13. The maximum Gasteiger partial charge on any atom is 0.416 e. The van der Waals surface area contributed by atoms with E-state index in [1.165, 1.54) is 24.3 Å². The summed E-state index contributed by atoms with van der Waals surface area (Å²) < 4.78 is 76.0. The number of halogens is 4. The smallest absolute Gasteiger partial charge is 0.384 e. The number of benzene rings is 2. The second kappa shape index (κ2) is 5.54. The highest BCUT2D eigenvalue weighted by Gasteiger charge is 2.54. The average molecular weight is 374 g/mol. The first-order valence-electron chi connectivity index (χ1n) is 7.30. The molecule has 0 aromatic heterocycles. The van der Waals surface area contributed by atoms with Crippen LogP contribution in [-0.2, 0) is 22.4 Å². The Labute approximate surface area is 141 Å². The largest absolute Gasteiger partial charge is 0.416 e. The average Bonchev–Trinajstić information content (AvgIpc) is 2.78. The van der Waals surface area contributed by atoms with E-state index in [9.17, 15) is 31.1 Å². The van der Waals surface area contributed by atoms with E-state index in [0.29, 0.717) is 16.7 Å². The van der Waals surface area contributed by atoms with Crippen molar-refractivity contribution in [2.75, 3.05) is 6.26 Å². The molecule has 2 aromatic rings. The van der Waals surface area contributed by atoms with E-state index in [-0.39, 0.29) is 5.56 Å². The van der Waals surface area contributed by atoms with E-state index in [0.717, 1.165) is 18.4 Å². The van der Waals surface area contributed by atoms with Crippen LogP contribution in [0.15, 0.2) is 42.5 Å². The standard InChI is InChI=1S/C17H14F4O3S/c1-25(23,24)16(18)9-12-3-2-11(8-14(12)15(16)22)10-4-6-13(7-5-10)17(19,20)21/h2-8,15,22H,9H2,1H3. The zero-order valence-electron chi connectivity index (χ0n) is 13.0. The van der Waals surface area contributed by atoms with E-state index < -0.39 is 39.1 Å². The molecule has 0 fully saturated rings. The molecule has 0 radical (unpaired) electrons. The summed E-state index contributed by atoms with van der Waals surface area (Å²) in [4.78, 5) is 0. The molecule has 2 unspecified atom stereocenters. The maximum atomic E-state index is 14.8. The van der Waals surface area contributed by atoms with Crippen molar-refractivity contribution >= 4 is 9.84 Å². The van der Waals surface area contributed by atoms with Crippen LogP contribution in [-0.4, -0.2) is 24.8 Å². The van der Waals surface area contributed by atoms with E-state index in [1.54, 1.807) is 6.07 Å². The molecule has 134 valence electrons. The Morgan fingerprint density at radius 2 is 1.64 bits per heavy atom. The van der Waals surface area contributed by atoms with Gasteiger partial charge in [-0.25, -0.2) is 12.8 Å². The molecule has 25 heavy (non-hydrogen) atoms. The number of rotatable bonds is 2. The van der Waals surface area contributed by atoms with Gasteiger partial charge in [-0.2, -0.15) is 13.2 Å². The zero-order valence-corrected chi connectivity index (χ0v) is 13.8. The molecular formula is C17H14F4O3S. The van der Waals surface area contributed by atoms with Crippen LogP contribution >= 0.6 is 0 Å². The van der Waals surface area contributed by atoms with E-state index >= 15 is 0 Å². The number of alkyl halides is 4. The van der Waals surface area contributed by atoms with Crippen LogP contribution in [0.5, 0.6) is 0 Å². The number of aliphatic hydroxyl groups excluding tert-OH is 1. The van der Waals surface area contributed by atoms with Crippen LogP contribution < -0.4 is 0 Å². The Morgan fingerprint density at radius 1 is 1.08 bits per heavy atom. The Hall–Kier alpha value is -1.93. The predicted molar refractivity (Wildman–Crippen MR) is 84.2 cm³/mol. The van der Waals surface area contributed by atoms with Gasteiger partial charge in [0, 0.05) is 12.7 Å². The molecule has 8 heteroatoms. The molecule has 1 aliphatic carbocycles. The van der Waals surface area contributed by atoms with Crippen molar-refractivity contribution in [2.24, 2.45) is 0 Å². The van der Waals surface area contributed by atoms with Gasteiger partial charge in [-0.15, -0.1) is 0 Å². The third-order valence-electron chi connectivity index (χ3n) is 4.44. The molecule has 0 spiro atoms. The summed E-state index contributed by atoms with van der Waals surface area (Å²) in [7, 11) is -4.16. The summed E-state index contributed by atoms with van der Waals surface area (Å²) in [6.07, 6.45) is -6.03. The topological polar surface area (TPSA) is 54.4 Å². The minimum atomic E-state index is -4.45. The molecule has 0 bridgehead atoms. The summed E-state index contributed by atoms with van der Waals surface area (Å²) in [5.74, 6) is 0. The van der Waals surface area contributed by atoms with Gasteiger partial charge < -0.3 is 5.11 Å². The maximum absolute atomic E-state index is 14.8. The van der Waals surface area contributed by atoms with Gasteiger partial charge in [0.2, 0.25) is 5.00 Å². The van der Waals surface area contributed by atoms with Gasteiger partial charge in [-0.05, 0) is 40.5 Å². The number of hydrogen-bond donors (Lipinski definition) is 1. The monoisotopic (exact) mass is 374 g/mol. The molecule has 1 N–H and O–H groups in total. The highest BCUT2D eigenvalue weighted by atomic mass is 32.2. The van der Waals surface area contributed by atoms with Crippen molar-refractivity contribution in [1.82, 2.24) is 0 Å². The fourth-order valence-corrected chi connectivity index (χ4v) is 3.91. The molecule has 0 saturated heterocycles. The van der Waals surface area contributed by atoms with Crippen LogP contribution in [0.4, 0.5) is 17.6 Å². The third kappa shape index (κ3) is 2.93. The minimum Gasteiger partial charge on any atom is -0.384 e. The first-order valence-corrected chi connectivity index (χ1v) is 9.20. The zero-order chi connectivity index (χ0) is 18.6. The minimum absolute atomic E-state index is 0.130. The van der Waals surface area contributed by atoms with Crippen LogP contribution in [0.2, 0.25) is 0 Å². The number of aliphatic hydroxyl groups is 1. The van der Waals surface area contributed by atoms with Crippen LogP contribution in [0.25, 0.3) is 11.1 Å². The lowest BCUT2D eigenvalue weighted by Crippen LogP contribution is -2.37. The molecule has 3 nitrogen and oxygen atoms in total. The molecule has 1 aliphatic rings. The molecule has 0 aliphatic heterocycles. The summed E-state index contributed by atoms with van der Waals surface area (Å²) in [5, 5.41) is 7.36. The highest BCUT2D eigenvalue weighted by Crippen LogP contribution is 2.46. The van der Waals surface area contributed by atoms with Crippen molar-refractivity contribution < 1.29 is 31.1 Å². The van der Waals surface area contributed by atoms with Crippen molar-refractivity contribution in [3.63, 3.8) is 0 Å². The van der Waals surface area contributed by atoms with Gasteiger partial charge in [0.15, 0.2) is 9.84 Å². The van der Waals surface area contributed by atoms with Crippen LogP contribution in [0, 0.1) is 0 Å². The summed E-state index contributed by atoms with van der Waals surface area (Å²) >= 11 is 0. The van der Waals surface area contributed by atoms with Crippen molar-refractivity contribution in [2.45, 2.75) is 23.7 Å². The van der Waals surface area contributed by atoms with Crippen LogP contribution in [0.3, 0.4) is 0 Å². The first-order chi connectivity index (χ1) is 11.4. The van der Waals surface area contributed by atoms with Crippen molar-refractivity contribution in [3.8, 4) is 11.1 Å². The molecule has 3 rings (SSSR count). The van der Waals surface area contributed by atoms with Gasteiger partial charge in [0.05, 0.1) is 5.56 Å². The summed E-state index contributed by atoms with van der Waals surface area (Å²) in [5.41, 5.74) is 0.599. The number of hydrogen-bond acceptors (Lipinski definition) is 3. The van der Waals surface area contributed by atoms with Gasteiger partial charge >= 0.3 is 6.18 Å². The van der Waals surface area contributed by atoms with Crippen LogP contribution in [0.1, 0.15) is 22.8 Å². The van der Waals surface area contributed by atoms with Crippen molar-refractivity contribution in [1.29, 1.82) is 0 Å². The van der Waals surface area contributed by atoms with Gasteiger partial charge in [0.25, 0.3) is 0 Å². The summed E-state index contributed by atoms with van der Waals surface area (Å²) in [6.45, 7) is 0. The third-order valence-corrected chi connectivity index (χ3v) is 6.04. The van der Waals surface area contributed by atoms with Gasteiger partial charge in [-0.3, -0.25) is 0 Å². The second-order valence-corrected chi connectivity index (χ2v) is 8.35. The quantitative estimate of drug-likeness (QED) is 0.816. The van der Waals surface area contributed by atoms with Gasteiger partial charge in [0.1, 0.15) is 6.10 Å². The lowest BCUT2D eigenvalue weighted by Gasteiger charge is -2.21. The molecule has 2 atom stereocenters. The molecule has 0 heterocycles. The normalized spacial score (nSPS) is 23.5. The molecule has 2 aromatic carbocycles. The molecule has 0 saturated carbocycles.